The Hall–Kier alpha value is -1.87. The summed E-state index contributed by atoms with van der Waals surface area (Å²) in [6, 6.07) is 3.77. The number of thiophene rings is 1. The van der Waals surface area contributed by atoms with Gasteiger partial charge in [0, 0.05) is 11.4 Å². The van der Waals surface area contributed by atoms with E-state index < -0.39 is 5.69 Å². The number of rotatable bonds is 4. The molecule has 0 aromatic carbocycles. The average Bonchev–Trinajstić information content (AvgIpc) is 2.72. The summed E-state index contributed by atoms with van der Waals surface area (Å²) in [6.45, 7) is 2.21. The normalized spacial score (nSPS) is 10.7. The van der Waals surface area contributed by atoms with Gasteiger partial charge in [0.25, 0.3) is 5.56 Å². The topological polar surface area (TPSA) is 78.7 Å². The van der Waals surface area contributed by atoms with E-state index in [0.717, 1.165) is 22.3 Å². The Bertz CT molecular complexity index is 717. The first kappa shape index (κ1) is 12.6. The lowest BCUT2D eigenvalue weighted by Gasteiger charge is -2.00. The van der Waals surface area contributed by atoms with Crippen molar-refractivity contribution in [1.29, 1.82) is 5.26 Å². The van der Waals surface area contributed by atoms with Crippen LogP contribution in [0.4, 0.5) is 0 Å². The second kappa shape index (κ2) is 5.19. The van der Waals surface area contributed by atoms with Crippen molar-refractivity contribution >= 4 is 21.6 Å². The molecule has 2 aromatic rings. The lowest BCUT2D eigenvalue weighted by atomic mass is 10.2. The highest BCUT2D eigenvalue weighted by atomic mass is 32.1. The van der Waals surface area contributed by atoms with Gasteiger partial charge in [-0.3, -0.25) is 14.3 Å². The lowest BCUT2D eigenvalue weighted by Crippen LogP contribution is -2.34. The number of hydrogen-bond acceptors (Lipinski definition) is 4. The molecule has 0 saturated carbocycles. The minimum atomic E-state index is -0.437. The van der Waals surface area contributed by atoms with Crippen LogP contribution >= 0.6 is 11.3 Å². The van der Waals surface area contributed by atoms with Crippen LogP contribution in [0.25, 0.3) is 10.2 Å². The Labute approximate surface area is 107 Å². The summed E-state index contributed by atoms with van der Waals surface area (Å²) in [5.74, 6) is 0. The zero-order chi connectivity index (χ0) is 13.1. The molecule has 6 heteroatoms. The SMILES string of the molecule is CCCc1cc2c(=O)n(CCC#N)c(=O)[nH]c2s1. The van der Waals surface area contributed by atoms with Gasteiger partial charge in [0.1, 0.15) is 4.83 Å². The summed E-state index contributed by atoms with van der Waals surface area (Å²) in [6.07, 6.45) is 2.05. The average molecular weight is 263 g/mol. The molecule has 0 atom stereocenters. The molecular weight excluding hydrogens is 250 g/mol. The van der Waals surface area contributed by atoms with E-state index in [1.165, 1.54) is 11.3 Å². The summed E-state index contributed by atoms with van der Waals surface area (Å²) >= 11 is 1.45. The quantitative estimate of drug-likeness (QED) is 0.910. The first-order valence-corrected chi connectivity index (χ1v) is 6.61. The third-order valence-electron chi connectivity index (χ3n) is 2.67. The highest BCUT2D eigenvalue weighted by molar-refractivity contribution is 7.18. The summed E-state index contributed by atoms with van der Waals surface area (Å²) in [4.78, 5) is 28.3. The van der Waals surface area contributed by atoms with Gasteiger partial charge in [-0.15, -0.1) is 11.3 Å². The van der Waals surface area contributed by atoms with Gasteiger partial charge in [-0.1, -0.05) is 13.3 Å². The van der Waals surface area contributed by atoms with Gasteiger partial charge in [-0.2, -0.15) is 5.26 Å². The summed E-state index contributed by atoms with van der Waals surface area (Å²) in [5, 5.41) is 9.06. The van der Waals surface area contributed by atoms with Crippen LogP contribution in [0.2, 0.25) is 0 Å². The van der Waals surface area contributed by atoms with Gasteiger partial charge in [0.2, 0.25) is 0 Å². The van der Waals surface area contributed by atoms with Crippen LogP contribution in [-0.4, -0.2) is 9.55 Å². The van der Waals surface area contributed by atoms with Crippen molar-refractivity contribution in [1.82, 2.24) is 9.55 Å². The maximum absolute atomic E-state index is 12.1. The number of aryl methyl sites for hydroxylation is 1. The number of aromatic nitrogens is 2. The van der Waals surface area contributed by atoms with Crippen LogP contribution in [-0.2, 0) is 13.0 Å². The van der Waals surface area contributed by atoms with Crippen LogP contribution in [0.15, 0.2) is 15.7 Å². The molecule has 2 heterocycles. The van der Waals surface area contributed by atoms with Crippen molar-refractivity contribution in [3.05, 3.63) is 31.8 Å². The zero-order valence-corrected chi connectivity index (χ0v) is 10.8. The number of nitrogens with zero attached hydrogens (tertiary/aromatic N) is 2. The molecule has 0 bridgehead atoms. The Kier molecular flexibility index (Phi) is 3.63. The summed E-state index contributed by atoms with van der Waals surface area (Å²) in [7, 11) is 0. The van der Waals surface area contributed by atoms with Gasteiger partial charge < -0.3 is 0 Å². The van der Waals surface area contributed by atoms with Crippen molar-refractivity contribution in [3.63, 3.8) is 0 Å². The highest BCUT2D eigenvalue weighted by Gasteiger charge is 2.10. The molecule has 0 unspecified atom stereocenters. The first-order valence-electron chi connectivity index (χ1n) is 5.80. The Morgan fingerprint density at radius 2 is 2.28 bits per heavy atom. The van der Waals surface area contributed by atoms with Crippen molar-refractivity contribution < 1.29 is 0 Å². The van der Waals surface area contributed by atoms with Gasteiger partial charge >= 0.3 is 5.69 Å². The molecule has 0 saturated heterocycles. The molecule has 0 radical (unpaired) electrons. The van der Waals surface area contributed by atoms with Crippen molar-refractivity contribution in [2.75, 3.05) is 0 Å². The molecule has 5 nitrogen and oxygen atoms in total. The number of nitrogens with one attached hydrogen (secondary N) is 1. The predicted octanol–water partition coefficient (Wildman–Crippen LogP) is 1.62. The number of fused-ring (bicyclic) bond motifs is 1. The summed E-state index contributed by atoms with van der Waals surface area (Å²) in [5.41, 5.74) is -0.741. The van der Waals surface area contributed by atoms with E-state index in [0.29, 0.717) is 10.2 Å². The van der Waals surface area contributed by atoms with E-state index in [1.54, 1.807) is 0 Å². The van der Waals surface area contributed by atoms with Crippen molar-refractivity contribution in [2.24, 2.45) is 0 Å². The van der Waals surface area contributed by atoms with Crippen LogP contribution in [0.5, 0.6) is 0 Å². The molecule has 1 N–H and O–H groups in total. The molecule has 0 fully saturated rings. The molecule has 0 amide bonds. The minimum absolute atomic E-state index is 0.138. The molecule has 0 aliphatic heterocycles. The van der Waals surface area contributed by atoms with Crippen LogP contribution in [0.1, 0.15) is 24.6 Å². The van der Waals surface area contributed by atoms with E-state index in [1.807, 2.05) is 12.1 Å². The Balaban J connectivity index is 2.59. The van der Waals surface area contributed by atoms with E-state index in [9.17, 15) is 9.59 Å². The Morgan fingerprint density at radius 1 is 1.50 bits per heavy atom. The third kappa shape index (κ3) is 2.22. The van der Waals surface area contributed by atoms with E-state index >= 15 is 0 Å². The van der Waals surface area contributed by atoms with Crippen LogP contribution in [0.3, 0.4) is 0 Å². The van der Waals surface area contributed by atoms with E-state index in [4.69, 9.17) is 5.26 Å². The second-order valence-electron chi connectivity index (χ2n) is 4.00. The fourth-order valence-electron chi connectivity index (χ4n) is 1.83. The number of aromatic amines is 1. The smallest absolute Gasteiger partial charge is 0.298 e. The highest BCUT2D eigenvalue weighted by Crippen LogP contribution is 2.21. The Morgan fingerprint density at radius 3 is 2.94 bits per heavy atom. The van der Waals surface area contributed by atoms with Gasteiger partial charge in [-0.05, 0) is 12.5 Å². The van der Waals surface area contributed by atoms with Gasteiger partial charge in [0.15, 0.2) is 0 Å². The van der Waals surface area contributed by atoms with E-state index in [2.05, 4.69) is 11.9 Å². The molecule has 94 valence electrons. The number of nitriles is 1. The monoisotopic (exact) mass is 263 g/mol. The van der Waals surface area contributed by atoms with Crippen molar-refractivity contribution in [3.8, 4) is 6.07 Å². The molecule has 18 heavy (non-hydrogen) atoms. The zero-order valence-electron chi connectivity index (χ0n) is 10.0. The van der Waals surface area contributed by atoms with Gasteiger partial charge in [0.05, 0.1) is 17.9 Å². The molecule has 0 aliphatic rings. The summed E-state index contributed by atoms with van der Waals surface area (Å²) < 4.78 is 1.09. The van der Waals surface area contributed by atoms with E-state index in [-0.39, 0.29) is 18.5 Å². The largest absolute Gasteiger partial charge is 0.329 e. The van der Waals surface area contributed by atoms with Crippen molar-refractivity contribution in [2.45, 2.75) is 32.7 Å². The number of hydrogen-bond donors (Lipinski definition) is 1. The first-order chi connectivity index (χ1) is 8.67. The second-order valence-corrected chi connectivity index (χ2v) is 5.14. The molecule has 2 aromatic heterocycles. The maximum atomic E-state index is 12.1. The fourth-order valence-corrected chi connectivity index (χ4v) is 2.97. The molecule has 2 rings (SSSR count). The molecule has 0 spiro atoms. The number of H-pyrrole nitrogens is 1. The third-order valence-corrected chi connectivity index (χ3v) is 3.78. The van der Waals surface area contributed by atoms with Gasteiger partial charge in [-0.25, -0.2) is 4.79 Å². The standard InChI is InChI=1S/C12H13N3O2S/c1-2-4-8-7-9-10(18-8)14-12(17)15(11(9)16)6-3-5-13/h7H,2-4,6H2,1H3,(H,14,17). The predicted molar refractivity (Wildman–Crippen MR) is 70.9 cm³/mol. The van der Waals surface area contributed by atoms with Crippen LogP contribution in [0, 0.1) is 11.3 Å². The van der Waals surface area contributed by atoms with Crippen LogP contribution < -0.4 is 11.2 Å². The maximum Gasteiger partial charge on any atom is 0.329 e. The minimum Gasteiger partial charge on any atom is -0.298 e. The molecule has 0 aliphatic carbocycles. The lowest BCUT2D eigenvalue weighted by molar-refractivity contribution is 0.651. The fraction of sp³-hybridized carbons (Fsp3) is 0.417. The molecular formula is C12H13N3O2S.